The summed E-state index contributed by atoms with van der Waals surface area (Å²) in [6.07, 6.45) is 1.76. The van der Waals surface area contributed by atoms with Crippen molar-refractivity contribution in [3.63, 3.8) is 0 Å². The lowest BCUT2D eigenvalue weighted by molar-refractivity contribution is 0.513. The number of halogens is 1. The van der Waals surface area contributed by atoms with E-state index in [0.717, 1.165) is 13.0 Å². The van der Waals surface area contributed by atoms with Gasteiger partial charge in [0.25, 0.3) is 0 Å². The highest BCUT2D eigenvalue weighted by atomic mass is 79.9. The number of alkyl halides is 1. The molecule has 0 fully saturated rings. The molecule has 0 heterocycles. The van der Waals surface area contributed by atoms with Crippen LogP contribution < -0.4 is 5.32 Å². The average Bonchev–Trinajstić information content (AvgIpc) is 2.11. The maximum absolute atomic E-state index is 11.2. The van der Waals surface area contributed by atoms with Gasteiger partial charge in [-0.05, 0) is 26.3 Å². The van der Waals surface area contributed by atoms with Gasteiger partial charge in [0.15, 0.2) is 0 Å². The van der Waals surface area contributed by atoms with Gasteiger partial charge in [-0.25, -0.2) is 8.42 Å². The standard InChI is InChI=1S/C10H22BrNO2S/c1-4-15(13,14)7-5-6-12-10(3)8-9(2)11/h9-10,12H,4-8H2,1-3H3. The van der Waals surface area contributed by atoms with Crippen molar-refractivity contribution in [1.29, 1.82) is 0 Å². The average molecular weight is 300 g/mol. The predicted octanol–water partition coefficient (Wildman–Crippen LogP) is 1.96. The van der Waals surface area contributed by atoms with E-state index in [2.05, 4.69) is 35.1 Å². The molecule has 2 atom stereocenters. The van der Waals surface area contributed by atoms with E-state index in [-0.39, 0.29) is 5.75 Å². The van der Waals surface area contributed by atoms with Gasteiger partial charge in [-0.2, -0.15) is 0 Å². The van der Waals surface area contributed by atoms with E-state index in [1.165, 1.54) is 0 Å². The topological polar surface area (TPSA) is 46.2 Å². The zero-order chi connectivity index (χ0) is 11.9. The maximum Gasteiger partial charge on any atom is 0.150 e. The number of hydrogen-bond acceptors (Lipinski definition) is 3. The molecule has 2 unspecified atom stereocenters. The van der Waals surface area contributed by atoms with Crippen LogP contribution in [-0.2, 0) is 9.84 Å². The minimum absolute atomic E-state index is 0.251. The summed E-state index contributed by atoms with van der Waals surface area (Å²) in [5.74, 6) is 0.550. The Hall–Kier alpha value is 0.390. The molecule has 0 aliphatic heterocycles. The Morgan fingerprint density at radius 3 is 2.40 bits per heavy atom. The normalized spacial score (nSPS) is 16.3. The fourth-order valence-corrected chi connectivity index (χ4v) is 2.79. The highest BCUT2D eigenvalue weighted by Gasteiger charge is 2.08. The van der Waals surface area contributed by atoms with Crippen molar-refractivity contribution in [3.8, 4) is 0 Å². The van der Waals surface area contributed by atoms with Gasteiger partial charge >= 0.3 is 0 Å². The lowest BCUT2D eigenvalue weighted by Gasteiger charge is -2.14. The van der Waals surface area contributed by atoms with Crippen molar-refractivity contribution in [2.45, 2.75) is 44.5 Å². The summed E-state index contributed by atoms with van der Waals surface area (Å²) in [6, 6.07) is 0.434. The Kier molecular flexibility index (Phi) is 7.83. The summed E-state index contributed by atoms with van der Waals surface area (Å²) in [7, 11) is -2.79. The summed E-state index contributed by atoms with van der Waals surface area (Å²) >= 11 is 3.49. The highest BCUT2D eigenvalue weighted by molar-refractivity contribution is 9.09. The quantitative estimate of drug-likeness (QED) is 0.550. The first-order valence-electron chi connectivity index (χ1n) is 5.45. The molecule has 0 rings (SSSR count). The van der Waals surface area contributed by atoms with Crippen LogP contribution in [-0.4, -0.2) is 37.3 Å². The molecule has 0 aliphatic carbocycles. The van der Waals surface area contributed by atoms with Crippen LogP contribution in [0.1, 0.15) is 33.6 Å². The highest BCUT2D eigenvalue weighted by Crippen LogP contribution is 2.06. The molecule has 0 aliphatic rings. The monoisotopic (exact) mass is 299 g/mol. The molecule has 0 aromatic rings. The molecule has 92 valence electrons. The molecular formula is C10H22BrNO2S. The fraction of sp³-hybridized carbons (Fsp3) is 1.00. The van der Waals surface area contributed by atoms with E-state index in [0.29, 0.717) is 23.0 Å². The Morgan fingerprint density at radius 2 is 1.93 bits per heavy atom. The molecule has 0 spiro atoms. The van der Waals surface area contributed by atoms with Crippen LogP contribution in [0.25, 0.3) is 0 Å². The van der Waals surface area contributed by atoms with Crippen molar-refractivity contribution in [3.05, 3.63) is 0 Å². The SMILES string of the molecule is CCS(=O)(=O)CCCNC(C)CC(C)Br. The molecule has 0 radical (unpaired) electrons. The van der Waals surface area contributed by atoms with Gasteiger partial charge in [0.2, 0.25) is 0 Å². The number of rotatable bonds is 8. The van der Waals surface area contributed by atoms with Gasteiger partial charge in [-0.3, -0.25) is 0 Å². The zero-order valence-corrected chi connectivity index (χ0v) is 12.2. The second-order valence-electron chi connectivity index (χ2n) is 3.96. The lowest BCUT2D eigenvalue weighted by atomic mass is 10.2. The number of sulfone groups is 1. The summed E-state index contributed by atoms with van der Waals surface area (Å²) in [6.45, 7) is 6.70. The van der Waals surface area contributed by atoms with Crippen LogP contribution in [0, 0.1) is 0 Å². The third-order valence-corrected chi connectivity index (χ3v) is 4.41. The summed E-state index contributed by atoms with van der Waals surface area (Å²) < 4.78 is 22.4. The predicted molar refractivity (Wildman–Crippen MR) is 69.4 cm³/mol. The Bertz CT molecular complexity index is 252. The zero-order valence-electron chi connectivity index (χ0n) is 9.79. The van der Waals surface area contributed by atoms with Crippen molar-refractivity contribution in [1.82, 2.24) is 5.32 Å². The fourth-order valence-electron chi connectivity index (χ4n) is 1.36. The van der Waals surface area contributed by atoms with Gasteiger partial charge in [0, 0.05) is 16.6 Å². The van der Waals surface area contributed by atoms with E-state index < -0.39 is 9.84 Å². The largest absolute Gasteiger partial charge is 0.314 e. The van der Waals surface area contributed by atoms with Gasteiger partial charge in [0.05, 0.1) is 5.75 Å². The van der Waals surface area contributed by atoms with Gasteiger partial charge in [-0.15, -0.1) is 0 Å². The van der Waals surface area contributed by atoms with Crippen LogP contribution in [0.5, 0.6) is 0 Å². The van der Waals surface area contributed by atoms with Gasteiger partial charge < -0.3 is 5.32 Å². The van der Waals surface area contributed by atoms with E-state index >= 15 is 0 Å². The van der Waals surface area contributed by atoms with Crippen molar-refractivity contribution in [2.75, 3.05) is 18.1 Å². The van der Waals surface area contributed by atoms with Crippen molar-refractivity contribution >= 4 is 25.8 Å². The van der Waals surface area contributed by atoms with E-state index in [4.69, 9.17) is 0 Å². The first-order chi connectivity index (χ1) is 6.87. The molecule has 1 N–H and O–H groups in total. The molecule has 0 aromatic carbocycles. The molecule has 5 heteroatoms. The minimum Gasteiger partial charge on any atom is -0.314 e. The number of nitrogens with one attached hydrogen (secondary N) is 1. The van der Waals surface area contributed by atoms with E-state index in [9.17, 15) is 8.42 Å². The third kappa shape index (κ3) is 9.33. The van der Waals surface area contributed by atoms with Crippen LogP contribution in [0.3, 0.4) is 0 Å². The van der Waals surface area contributed by atoms with Crippen LogP contribution in [0.4, 0.5) is 0 Å². The molecule has 0 saturated heterocycles. The Labute approximate surface area is 102 Å². The first-order valence-corrected chi connectivity index (χ1v) is 8.19. The summed E-state index contributed by atoms with van der Waals surface area (Å²) in [4.78, 5) is 0.499. The molecule has 0 bridgehead atoms. The molecule has 0 saturated carbocycles. The molecule has 0 amide bonds. The van der Waals surface area contributed by atoms with E-state index in [1.54, 1.807) is 6.92 Å². The van der Waals surface area contributed by atoms with Crippen LogP contribution >= 0.6 is 15.9 Å². The third-order valence-electron chi connectivity index (χ3n) is 2.24. The lowest BCUT2D eigenvalue weighted by Crippen LogP contribution is -2.30. The van der Waals surface area contributed by atoms with Crippen molar-refractivity contribution in [2.24, 2.45) is 0 Å². The maximum atomic E-state index is 11.2. The van der Waals surface area contributed by atoms with E-state index in [1.807, 2.05) is 0 Å². The Balaban J connectivity index is 3.55. The second-order valence-corrected chi connectivity index (χ2v) is 8.00. The summed E-state index contributed by atoms with van der Waals surface area (Å²) in [5.41, 5.74) is 0. The minimum atomic E-state index is -2.79. The summed E-state index contributed by atoms with van der Waals surface area (Å²) in [5, 5.41) is 3.32. The van der Waals surface area contributed by atoms with Crippen LogP contribution in [0.15, 0.2) is 0 Å². The molecule has 0 aromatic heterocycles. The van der Waals surface area contributed by atoms with Gasteiger partial charge in [0.1, 0.15) is 9.84 Å². The second kappa shape index (κ2) is 7.63. The molecular weight excluding hydrogens is 278 g/mol. The van der Waals surface area contributed by atoms with Gasteiger partial charge in [-0.1, -0.05) is 29.8 Å². The first kappa shape index (κ1) is 15.4. The smallest absolute Gasteiger partial charge is 0.150 e. The molecule has 15 heavy (non-hydrogen) atoms. The number of hydrogen-bond donors (Lipinski definition) is 1. The van der Waals surface area contributed by atoms with Crippen LogP contribution in [0.2, 0.25) is 0 Å². The Morgan fingerprint density at radius 1 is 1.33 bits per heavy atom. The van der Waals surface area contributed by atoms with Crippen molar-refractivity contribution < 1.29 is 8.42 Å². The molecule has 3 nitrogen and oxygen atoms in total.